The van der Waals surface area contributed by atoms with Crippen molar-refractivity contribution < 1.29 is 24.2 Å². The van der Waals surface area contributed by atoms with Gasteiger partial charge >= 0.3 is 0 Å². The van der Waals surface area contributed by atoms with E-state index in [4.69, 9.17) is 9.47 Å². The molecule has 3 aromatic rings. The van der Waals surface area contributed by atoms with Gasteiger partial charge in [-0.3, -0.25) is 14.6 Å². The van der Waals surface area contributed by atoms with Crippen molar-refractivity contribution in [3.8, 4) is 11.5 Å². The molecule has 0 spiro atoms. The number of likely N-dealkylation sites (tertiary alicyclic amines) is 1. The molecule has 174 valence electrons. The second-order valence-corrected chi connectivity index (χ2v) is 7.91. The molecular formula is C27H26N2O5. The molecule has 34 heavy (non-hydrogen) atoms. The summed E-state index contributed by atoms with van der Waals surface area (Å²) in [5.74, 6) is -0.585. The minimum atomic E-state index is -0.811. The third kappa shape index (κ3) is 4.50. The Kier molecular flexibility index (Phi) is 6.92. The topological polar surface area (TPSA) is 89.0 Å². The second kappa shape index (κ2) is 10.2. The first kappa shape index (κ1) is 23.0. The molecule has 7 heteroatoms. The van der Waals surface area contributed by atoms with E-state index in [2.05, 4.69) is 4.98 Å². The highest BCUT2D eigenvalue weighted by Crippen LogP contribution is 2.42. The Morgan fingerprint density at radius 3 is 2.53 bits per heavy atom. The summed E-state index contributed by atoms with van der Waals surface area (Å²) in [6, 6.07) is 16.8. The normalized spacial score (nSPS) is 17.1. The number of nitrogens with zero attached hydrogens (tertiary/aromatic N) is 2. The van der Waals surface area contributed by atoms with Gasteiger partial charge in [0.05, 0.1) is 25.3 Å². The smallest absolute Gasteiger partial charge is 0.295 e. The number of hydrogen-bond donors (Lipinski definition) is 1. The van der Waals surface area contributed by atoms with E-state index < -0.39 is 17.7 Å². The van der Waals surface area contributed by atoms with Crippen LogP contribution in [0.15, 0.2) is 78.6 Å². The van der Waals surface area contributed by atoms with Gasteiger partial charge in [-0.2, -0.15) is 0 Å². The van der Waals surface area contributed by atoms with Crippen molar-refractivity contribution in [2.75, 3.05) is 13.7 Å². The molecular weight excluding hydrogens is 432 g/mol. The Hall–Kier alpha value is -4.13. The molecule has 0 aliphatic carbocycles. The first-order chi connectivity index (χ1) is 16.5. The molecule has 0 unspecified atom stereocenters. The highest BCUT2D eigenvalue weighted by Gasteiger charge is 2.46. The van der Waals surface area contributed by atoms with Gasteiger partial charge in [0.1, 0.15) is 5.76 Å². The van der Waals surface area contributed by atoms with E-state index in [0.29, 0.717) is 29.2 Å². The van der Waals surface area contributed by atoms with Gasteiger partial charge in [0.25, 0.3) is 11.7 Å². The van der Waals surface area contributed by atoms with Crippen LogP contribution in [0, 0.1) is 0 Å². The maximum Gasteiger partial charge on any atom is 0.295 e. The summed E-state index contributed by atoms with van der Waals surface area (Å²) in [5, 5.41) is 11.1. The van der Waals surface area contributed by atoms with Crippen LogP contribution in [0.25, 0.3) is 5.76 Å². The van der Waals surface area contributed by atoms with Crippen molar-refractivity contribution in [1.29, 1.82) is 0 Å². The first-order valence-corrected chi connectivity index (χ1v) is 11.1. The van der Waals surface area contributed by atoms with Crippen LogP contribution in [0.2, 0.25) is 0 Å². The predicted molar refractivity (Wildman–Crippen MR) is 127 cm³/mol. The molecule has 1 aliphatic heterocycles. The summed E-state index contributed by atoms with van der Waals surface area (Å²) in [6.45, 7) is 2.70. The van der Waals surface area contributed by atoms with Crippen molar-refractivity contribution >= 4 is 17.4 Å². The second-order valence-electron chi connectivity index (χ2n) is 7.91. The first-order valence-electron chi connectivity index (χ1n) is 11.1. The summed E-state index contributed by atoms with van der Waals surface area (Å²) in [4.78, 5) is 31.9. The number of aliphatic hydroxyl groups is 1. The molecule has 4 rings (SSSR count). The van der Waals surface area contributed by atoms with Gasteiger partial charge in [-0.15, -0.1) is 0 Å². The molecule has 0 saturated carbocycles. The lowest BCUT2D eigenvalue weighted by Gasteiger charge is -2.26. The molecule has 2 heterocycles. The number of aromatic nitrogens is 1. The Balaban J connectivity index is 1.85. The van der Waals surface area contributed by atoms with Gasteiger partial charge < -0.3 is 19.5 Å². The monoisotopic (exact) mass is 458 g/mol. The fraction of sp³-hybridized carbons (Fsp3) is 0.222. The van der Waals surface area contributed by atoms with Crippen LogP contribution in [0.3, 0.4) is 0 Å². The number of ether oxygens (including phenoxy) is 2. The SMILES string of the molecule is CCCOc1ccc([C@@H]2/C(=C(\O)c3ccccc3)C(=O)C(=O)N2Cc2cccnc2)cc1OC. The van der Waals surface area contributed by atoms with Crippen LogP contribution in [0.5, 0.6) is 11.5 Å². The van der Waals surface area contributed by atoms with Crippen molar-refractivity contribution in [2.24, 2.45) is 0 Å². The number of Topliss-reactive ketones (excluding diaryl/α,β-unsaturated/α-hetero) is 1. The zero-order chi connectivity index (χ0) is 24.1. The maximum atomic E-state index is 13.2. The van der Waals surface area contributed by atoms with Gasteiger partial charge in [0.2, 0.25) is 0 Å². The number of carbonyl (C=O) groups is 2. The van der Waals surface area contributed by atoms with E-state index in [-0.39, 0.29) is 17.9 Å². The molecule has 0 bridgehead atoms. The summed E-state index contributed by atoms with van der Waals surface area (Å²) in [7, 11) is 1.54. The zero-order valence-corrected chi connectivity index (χ0v) is 19.1. The van der Waals surface area contributed by atoms with Crippen molar-refractivity contribution in [3.05, 3.63) is 95.3 Å². The van der Waals surface area contributed by atoms with Gasteiger partial charge in [-0.25, -0.2) is 0 Å². The zero-order valence-electron chi connectivity index (χ0n) is 19.1. The molecule has 1 N–H and O–H groups in total. The molecule has 1 amide bonds. The largest absolute Gasteiger partial charge is 0.507 e. The fourth-order valence-electron chi connectivity index (χ4n) is 4.02. The lowest BCUT2D eigenvalue weighted by atomic mass is 9.95. The highest BCUT2D eigenvalue weighted by atomic mass is 16.5. The summed E-state index contributed by atoms with van der Waals surface area (Å²) >= 11 is 0. The quantitative estimate of drug-likeness (QED) is 0.304. The van der Waals surface area contributed by atoms with E-state index in [1.165, 1.54) is 12.0 Å². The molecule has 0 radical (unpaired) electrons. The molecule has 2 aromatic carbocycles. The lowest BCUT2D eigenvalue weighted by Crippen LogP contribution is -2.29. The van der Waals surface area contributed by atoms with Crippen LogP contribution in [-0.2, 0) is 16.1 Å². The number of aliphatic hydroxyl groups excluding tert-OH is 1. The van der Waals surface area contributed by atoms with Crippen LogP contribution in [0.1, 0.15) is 36.1 Å². The molecule has 7 nitrogen and oxygen atoms in total. The minimum Gasteiger partial charge on any atom is -0.507 e. The number of amides is 1. The van der Waals surface area contributed by atoms with Crippen LogP contribution >= 0.6 is 0 Å². The maximum absolute atomic E-state index is 13.2. The Bertz CT molecular complexity index is 1210. The van der Waals surface area contributed by atoms with Crippen molar-refractivity contribution in [1.82, 2.24) is 9.88 Å². The molecule has 1 atom stereocenters. The average molecular weight is 459 g/mol. The predicted octanol–water partition coefficient (Wildman–Crippen LogP) is 4.50. The van der Waals surface area contributed by atoms with E-state index in [0.717, 1.165) is 12.0 Å². The minimum absolute atomic E-state index is 0.0318. The summed E-state index contributed by atoms with van der Waals surface area (Å²) < 4.78 is 11.3. The fourth-order valence-corrected chi connectivity index (χ4v) is 4.02. The Morgan fingerprint density at radius 1 is 1.06 bits per heavy atom. The van der Waals surface area contributed by atoms with E-state index >= 15 is 0 Å². The van der Waals surface area contributed by atoms with Crippen LogP contribution in [0.4, 0.5) is 0 Å². The van der Waals surface area contributed by atoms with Crippen LogP contribution < -0.4 is 9.47 Å². The van der Waals surface area contributed by atoms with Gasteiger partial charge in [-0.05, 0) is 35.7 Å². The molecule has 1 saturated heterocycles. The molecule has 1 fully saturated rings. The number of methoxy groups -OCH3 is 1. The third-order valence-corrected chi connectivity index (χ3v) is 5.63. The van der Waals surface area contributed by atoms with E-state index in [1.54, 1.807) is 60.9 Å². The standard InChI is InChI=1S/C27H26N2O5/c1-3-14-34-21-12-11-20(15-22(21)33-2)24-23(25(30)19-9-5-4-6-10-19)26(31)27(32)29(24)17-18-8-7-13-28-16-18/h4-13,15-16,24,30H,3,14,17H2,1-2H3/b25-23+/t24-/m1/s1. The van der Waals surface area contributed by atoms with E-state index in [1.807, 2.05) is 19.1 Å². The molecule has 1 aliphatic rings. The number of pyridine rings is 1. The number of ketones is 1. The Morgan fingerprint density at radius 2 is 1.85 bits per heavy atom. The lowest BCUT2D eigenvalue weighted by molar-refractivity contribution is -0.140. The number of hydrogen-bond acceptors (Lipinski definition) is 6. The highest BCUT2D eigenvalue weighted by molar-refractivity contribution is 6.46. The van der Waals surface area contributed by atoms with Crippen LogP contribution in [-0.4, -0.2) is 40.4 Å². The molecule has 1 aromatic heterocycles. The average Bonchev–Trinajstić information content (AvgIpc) is 3.13. The summed E-state index contributed by atoms with van der Waals surface area (Å²) in [6.07, 6.45) is 4.13. The van der Waals surface area contributed by atoms with Gasteiger partial charge in [-0.1, -0.05) is 49.4 Å². The number of carbonyl (C=O) groups excluding carboxylic acids is 2. The Labute approximate surface area is 198 Å². The van der Waals surface area contributed by atoms with Crippen molar-refractivity contribution in [3.63, 3.8) is 0 Å². The number of benzene rings is 2. The van der Waals surface area contributed by atoms with E-state index in [9.17, 15) is 14.7 Å². The third-order valence-electron chi connectivity index (χ3n) is 5.63. The van der Waals surface area contributed by atoms with Gasteiger partial charge in [0, 0.05) is 24.5 Å². The summed E-state index contributed by atoms with van der Waals surface area (Å²) in [5.41, 5.74) is 1.89. The van der Waals surface area contributed by atoms with Gasteiger partial charge in [0.15, 0.2) is 11.5 Å². The van der Waals surface area contributed by atoms with Crippen molar-refractivity contribution in [2.45, 2.75) is 25.9 Å². The number of rotatable bonds is 8.